The average Bonchev–Trinajstić information content (AvgIpc) is 2.46. The molecule has 0 saturated heterocycles. The van der Waals surface area contributed by atoms with E-state index < -0.39 is 28.2 Å². The Bertz CT molecular complexity index is 595. The summed E-state index contributed by atoms with van der Waals surface area (Å²) >= 11 is 0. The van der Waals surface area contributed by atoms with Gasteiger partial charge in [0.15, 0.2) is 5.75 Å². The van der Waals surface area contributed by atoms with Crippen LogP contribution in [0.15, 0.2) is 18.2 Å². The van der Waals surface area contributed by atoms with Crippen molar-refractivity contribution in [1.29, 1.82) is 0 Å². The molecule has 1 rings (SSSR count). The molecule has 22 heavy (non-hydrogen) atoms. The van der Waals surface area contributed by atoms with E-state index in [4.69, 9.17) is 9.47 Å². The molecular formula is C14H17NO7. The van der Waals surface area contributed by atoms with Crippen LogP contribution in [0.2, 0.25) is 0 Å². The smallest absolute Gasteiger partial charge is 0.349 e. The maximum absolute atomic E-state index is 11.8. The molecule has 0 atom stereocenters. The molecule has 0 heterocycles. The molecule has 0 spiro atoms. The number of hydrogen-bond donors (Lipinski definition) is 0. The first-order chi connectivity index (χ1) is 10.2. The second-order valence-electron chi connectivity index (χ2n) is 4.76. The normalized spacial score (nSPS) is 10.7. The first-order valence-electron chi connectivity index (χ1n) is 6.46. The summed E-state index contributed by atoms with van der Waals surface area (Å²) < 4.78 is 14.8. The molecule has 0 amide bonds. The van der Waals surface area contributed by atoms with E-state index in [0.29, 0.717) is 0 Å². The highest BCUT2D eigenvalue weighted by Gasteiger charge is 2.34. The predicted octanol–water partition coefficient (Wildman–Crippen LogP) is 2.10. The highest BCUT2D eigenvalue weighted by molar-refractivity contribution is 5.90. The second-order valence-corrected chi connectivity index (χ2v) is 4.76. The minimum absolute atomic E-state index is 0.00971. The molecule has 0 saturated carbocycles. The van der Waals surface area contributed by atoms with Crippen molar-refractivity contribution in [3.8, 4) is 5.75 Å². The molecule has 1 aromatic carbocycles. The number of rotatable bonds is 6. The standard InChI is InChI=1S/C14H17NO7/c1-5-21-13(17)14(2,3)22-11-7-6-9(12(16)20-4)8-10(11)15(18)19/h6-8H,5H2,1-4H3. The van der Waals surface area contributed by atoms with E-state index in [-0.39, 0.29) is 17.9 Å². The molecule has 0 aliphatic rings. The Kier molecular flexibility index (Phi) is 5.44. The number of nitrogens with zero attached hydrogens (tertiary/aromatic N) is 1. The first-order valence-corrected chi connectivity index (χ1v) is 6.46. The third-order valence-corrected chi connectivity index (χ3v) is 2.71. The molecule has 0 aliphatic heterocycles. The van der Waals surface area contributed by atoms with Gasteiger partial charge in [-0.1, -0.05) is 0 Å². The number of nitro groups is 1. The summed E-state index contributed by atoms with van der Waals surface area (Å²) in [7, 11) is 1.17. The Balaban J connectivity index is 3.17. The highest BCUT2D eigenvalue weighted by atomic mass is 16.6. The lowest BCUT2D eigenvalue weighted by atomic mass is 10.1. The van der Waals surface area contributed by atoms with Crippen molar-refractivity contribution in [3.63, 3.8) is 0 Å². The van der Waals surface area contributed by atoms with Crippen molar-refractivity contribution < 1.29 is 28.7 Å². The van der Waals surface area contributed by atoms with Gasteiger partial charge in [0.1, 0.15) is 0 Å². The van der Waals surface area contributed by atoms with Gasteiger partial charge in [-0.2, -0.15) is 0 Å². The summed E-state index contributed by atoms with van der Waals surface area (Å²) in [5.74, 6) is -1.50. The number of carbonyl (C=O) groups excluding carboxylic acids is 2. The highest BCUT2D eigenvalue weighted by Crippen LogP contribution is 2.31. The quantitative estimate of drug-likeness (QED) is 0.450. The molecule has 0 bridgehead atoms. The van der Waals surface area contributed by atoms with Crippen LogP contribution < -0.4 is 4.74 Å². The lowest BCUT2D eigenvalue weighted by molar-refractivity contribution is -0.386. The molecule has 8 nitrogen and oxygen atoms in total. The number of esters is 2. The Labute approximate surface area is 127 Å². The van der Waals surface area contributed by atoms with Crippen LogP contribution in [0.25, 0.3) is 0 Å². The second kappa shape index (κ2) is 6.88. The van der Waals surface area contributed by atoms with Gasteiger partial charge in [0.2, 0.25) is 5.60 Å². The molecule has 0 aromatic heterocycles. The van der Waals surface area contributed by atoms with Crippen molar-refractivity contribution in [3.05, 3.63) is 33.9 Å². The van der Waals surface area contributed by atoms with Gasteiger partial charge in [-0.05, 0) is 32.9 Å². The summed E-state index contributed by atoms with van der Waals surface area (Å²) in [6, 6.07) is 3.59. The van der Waals surface area contributed by atoms with Gasteiger partial charge >= 0.3 is 17.6 Å². The number of methoxy groups -OCH3 is 1. The maximum Gasteiger partial charge on any atom is 0.349 e. The molecule has 8 heteroatoms. The third-order valence-electron chi connectivity index (χ3n) is 2.71. The number of ether oxygens (including phenoxy) is 3. The van der Waals surface area contributed by atoms with Gasteiger partial charge in [-0.25, -0.2) is 9.59 Å². The summed E-state index contributed by atoms with van der Waals surface area (Å²) in [6.07, 6.45) is 0. The lowest BCUT2D eigenvalue weighted by Gasteiger charge is -2.23. The molecular weight excluding hydrogens is 294 g/mol. The van der Waals surface area contributed by atoms with Gasteiger partial charge in [-0.15, -0.1) is 0 Å². The fourth-order valence-electron chi connectivity index (χ4n) is 1.61. The van der Waals surface area contributed by atoms with Gasteiger partial charge in [0, 0.05) is 6.07 Å². The number of carbonyl (C=O) groups is 2. The number of nitro benzene ring substituents is 1. The van der Waals surface area contributed by atoms with E-state index in [9.17, 15) is 19.7 Å². The summed E-state index contributed by atoms with van der Waals surface area (Å²) in [5, 5.41) is 11.1. The largest absolute Gasteiger partial charge is 0.469 e. The van der Waals surface area contributed by atoms with E-state index in [0.717, 1.165) is 6.07 Å². The summed E-state index contributed by atoms with van der Waals surface area (Å²) in [4.78, 5) is 33.6. The number of benzene rings is 1. The topological polar surface area (TPSA) is 105 Å². The number of hydrogen-bond acceptors (Lipinski definition) is 7. The third kappa shape index (κ3) is 3.94. The average molecular weight is 311 g/mol. The van der Waals surface area contributed by atoms with E-state index in [1.54, 1.807) is 6.92 Å². The Hall–Kier alpha value is -2.64. The van der Waals surface area contributed by atoms with Crippen LogP contribution in [-0.4, -0.2) is 36.2 Å². The van der Waals surface area contributed by atoms with Gasteiger partial charge < -0.3 is 14.2 Å². The van der Waals surface area contributed by atoms with Crippen molar-refractivity contribution >= 4 is 17.6 Å². The molecule has 0 aliphatic carbocycles. The van der Waals surface area contributed by atoms with E-state index in [1.165, 1.54) is 33.1 Å². The Morgan fingerprint density at radius 2 is 1.95 bits per heavy atom. The van der Waals surface area contributed by atoms with Gasteiger partial charge in [0.05, 0.1) is 24.2 Å². The minimum atomic E-state index is -1.41. The molecule has 0 radical (unpaired) electrons. The zero-order chi connectivity index (χ0) is 16.9. The van der Waals surface area contributed by atoms with Crippen molar-refractivity contribution in [2.24, 2.45) is 0 Å². The van der Waals surface area contributed by atoms with Gasteiger partial charge in [0.25, 0.3) is 0 Å². The maximum atomic E-state index is 11.8. The van der Waals surface area contributed by atoms with Crippen LogP contribution in [0, 0.1) is 10.1 Å². The molecule has 0 N–H and O–H groups in total. The molecule has 0 fully saturated rings. The van der Waals surface area contributed by atoms with Crippen LogP contribution in [-0.2, 0) is 14.3 Å². The fourth-order valence-corrected chi connectivity index (χ4v) is 1.61. The van der Waals surface area contributed by atoms with E-state index in [1.807, 2.05) is 0 Å². The van der Waals surface area contributed by atoms with Crippen LogP contribution in [0.5, 0.6) is 5.75 Å². The SMILES string of the molecule is CCOC(=O)C(C)(C)Oc1ccc(C(=O)OC)cc1[N+](=O)[O-]. The van der Waals surface area contributed by atoms with E-state index >= 15 is 0 Å². The van der Waals surface area contributed by atoms with Crippen molar-refractivity contribution in [1.82, 2.24) is 0 Å². The van der Waals surface area contributed by atoms with E-state index in [2.05, 4.69) is 4.74 Å². The molecule has 120 valence electrons. The monoisotopic (exact) mass is 311 g/mol. The zero-order valence-corrected chi connectivity index (χ0v) is 12.7. The van der Waals surface area contributed by atoms with Crippen LogP contribution in [0.3, 0.4) is 0 Å². The molecule has 1 aromatic rings. The van der Waals surface area contributed by atoms with Gasteiger partial charge in [-0.3, -0.25) is 10.1 Å². The zero-order valence-electron chi connectivity index (χ0n) is 12.7. The van der Waals surface area contributed by atoms with Crippen molar-refractivity contribution in [2.75, 3.05) is 13.7 Å². The molecule has 0 unspecified atom stereocenters. The lowest BCUT2D eigenvalue weighted by Crippen LogP contribution is -2.39. The van der Waals surface area contributed by atoms with Crippen LogP contribution in [0.4, 0.5) is 5.69 Å². The summed E-state index contributed by atoms with van der Waals surface area (Å²) in [6.45, 7) is 4.67. The van der Waals surface area contributed by atoms with Crippen LogP contribution >= 0.6 is 0 Å². The minimum Gasteiger partial charge on any atom is -0.469 e. The Morgan fingerprint density at radius 1 is 1.32 bits per heavy atom. The first kappa shape index (κ1) is 17.4. The fraction of sp³-hybridized carbons (Fsp3) is 0.429. The van der Waals surface area contributed by atoms with Crippen molar-refractivity contribution in [2.45, 2.75) is 26.4 Å². The Morgan fingerprint density at radius 3 is 2.45 bits per heavy atom. The van der Waals surface area contributed by atoms with Crippen LogP contribution in [0.1, 0.15) is 31.1 Å². The predicted molar refractivity (Wildman–Crippen MR) is 75.8 cm³/mol. The summed E-state index contributed by atoms with van der Waals surface area (Å²) in [5.41, 5.74) is -1.84.